The second-order valence-corrected chi connectivity index (χ2v) is 4.73. The van der Waals surface area contributed by atoms with Crippen LogP contribution in [-0.2, 0) is 18.4 Å². The summed E-state index contributed by atoms with van der Waals surface area (Å²) < 4.78 is 1.79. The Balaban J connectivity index is 0.00000289. The van der Waals surface area contributed by atoms with Crippen LogP contribution in [0.3, 0.4) is 0 Å². The van der Waals surface area contributed by atoms with E-state index in [9.17, 15) is 4.79 Å². The molecule has 1 amide bonds. The van der Waals surface area contributed by atoms with Gasteiger partial charge in [0.25, 0.3) is 0 Å². The number of nitrogens with two attached hydrogens (primary N) is 1. The number of rotatable bonds is 5. The van der Waals surface area contributed by atoms with Crippen molar-refractivity contribution in [3.63, 3.8) is 0 Å². The molecule has 0 aliphatic carbocycles. The molecule has 6 heteroatoms. The molecular weight excluding hydrogens is 252 g/mol. The lowest BCUT2D eigenvalue weighted by Gasteiger charge is -2.22. The SMILES string of the molecule is CCCC(C)(N)C(=O)NCc1cnn(C)c1C.Cl. The highest BCUT2D eigenvalue weighted by Crippen LogP contribution is 2.10. The van der Waals surface area contributed by atoms with Crippen LogP contribution in [-0.4, -0.2) is 21.2 Å². The van der Waals surface area contributed by atoms with Crippen LogP contribution in [0.5, 0.6) is 0 Å². The van der Waals surface area contributed by atoms with Crippen molar-refractivity contribution in [2.45, 2.75) is 45.7 Å². The molecule has 5 nitrogen and oxygen atoms in total. The molecule has 0 spiro atoms. The number of nitrogens with one attached hydrogen (secondary N) is 1. The number of amides is 1. The van der Waals surface area contributed by atoms with Crippen LogP contribution in [0.2, 0.25) is 0 Å². The Morgan fingerprint density at radius 1 is 1.61 bits per heavy atom. The van der Waals surface area contributed by atoms with Crippen LogP contribution in [0.15, 0.2) is 6.20 Å². The fourth-order valence-corrected chi connectivity index (χ4v) is 1.73. The molecule has 1 aromatic rings. The fourth-order valence-electron chi connectivity index (χ4n) is 1.73. The molecule has 1 aromatic heterocycles. The van der Waals surface area contributed by atoms with Crippen LogP contribution in [0.4, 0.5) is 0 Å². The van der Waals surface area contributed by atoms with Crippen LogP contribution >= 0.6 is 12.4 Å². The van der Waals surface area contributed by atoms with Gasteiger partial charge in [-0.15, -0.1) is 12.4 Å². The van der Waals surface area contributed by atoms with Gasteiger partial charge in [-0.25, -0.2) is 0 Å². The van der Waals surface area contributed by atoms with Crippen LogP contribution < -0.4 is 11.1 Å². The minimum absolute atomic E-state index is 0. The molecule has 0 aliphatic heterocycles. The van der Waals surface area contributed by atoms with Gasteiger partial charge in [0.05, 0.1) is 11.7 Å². The summed E-state index contributed by atoms with van der Waals surface area (Å²) in [5, 5.41) is 6.99. The van der Waals surface area contributed by atoms with E-state index in [0.717, 1.165) is 17.7 Å². The van der Waals surface area contributed by atoms with E-state index in [1.54, 1.807) is 17.8 Å². The summed E-state index contributed by atoms with van der Waals surface area (Å²) in [5.74, 6) is -0.109. The van der Waals surface area contributed by atoms with Crippen molar-refractivity contribution in [1.29, 1.82) is 0 Å². The third kappa shape index (κ3) is 3.99. The van der Waals surface area contributed by atoms with E-state index in [2.05, 4.69) is 10.4 Å². The summed E-state index contributed by atoms with van der Waals surface area (Å²) in [6, 6.07) is 0. The smallest absolute Gasteiger partial charge is 0.240 e. The zero-order valence-electron chi connectivity index (χ0n) is 11.5. The first-order chi connectivity index (χ1) is 7.88. The molecule has 104 valence electrons. The topological polar surface area (TPSA) is 72.9 Å². The Morgan fingerprint density at radius 3 is 2.67 bits per heavy atom. The predicted octanol–water partition coefficient (Wildman–Crippen LogP) is 1.28. The van der Waals surface area contributed by atoms with Crippen molar-refractivity contribution < 1.29 is 4.79 Å². The normalized spacial score (nSPS) is 13.6. The minimum atomic E-state index is -0.787. The number of carbonyl (C=O) groups excluding carboxylic acids is 1. The zero-order chi connectivity index (χ0) is 13.1. The lowest BCUT2D eigenvalue weighted by atomic mass is 9.96. The molecule has 0 saturated carbocycles. The monoisotopic (exact) mass is 274 g/mol. The maximum Gasteiger partial charge on any atom is 0.240 e. The third-order valence-corrected chi connectivity index (χ3v) is 3.06. The van der Waals surface area contributed by atoms with Crippen molar-refractivity contribution in [2.24, 2.45) is 12.8 Å². The maximum atomic E-state index is 11.9. The van der Waals surface area contributed by atoms with Crippen LogP contribution in [0.1, 0.15) is 37.9 Å². The van der Waals surface area contributed by atoms with E-state index in [0.29, 0.717) is 13.0 Å². The lowest BCUT2D eigenvalue weighted by Crippen LogP contribution is -2.51. The molecular formula is C12H23ClN4O. The first kappa shape index (κ1) is 16.9. The van der Waals surface area contributed by atoms with E-state index in [1.807, 2.05) is 20.9 Å². The average molecular weight is 275 g/mol. The summed E-state index contributed by atoms with van der Waals surface area (Å²) in [6.45, 7) is 6.24. The number of hydrogen-bond donors (Lipinski definition) is 2. The average Bonchev–Trinajstić information content (AvgIpc) is 2.56. The molecule has 0 radical (unpaired) electrons. The van der Waals surface area contributed by atoms with Crippen molar-refractivity contribution in [3.05, 3.63) is 17.5 Å². The molecule has 0 aromatic carbocycles. The van der Waals surface area contributed by atoms with Gasteiger partial charge in [0.2, 0.25) is 5.91 Å². The van der Waals surface area contributed by atoms with Crippen molar-refractivity contribution in [1.82, 2.24) is 15.1 Å². The zero-order valence-corrected chi connectivity index (χ0v) is 12.3. The molecule has 0 fully saturated rings. The van der Waals surface area contributed by atoms with E-state index in [-0.39, 0.29) is 18.3 Å². The summed E-state index contributed by atoms with van der Waals surface area (Å²) in [7, 11) is 1.88. The molecule has 1 heterocycles. The molecule has 0 aliphatic rings. The highest BCUT2D eigenvalue weighted by Gasteiger charge is 2.26. The molecule has 1 unspecified atom stereocenters. The number of aryl methyl sites for hydroxylation is 1. The van der Waals surface area contributed by atoms with Gasteiger partial charge in [-0.1, -0.05) is 13.3 Å². The van der Waals surface area contributed by atoms with Crippen molar-refractivity contribution in [3.8, 4) is 0 Å². The van der Waals surface area contributed by atoms with Gasteiger partial charge in [-0.2, -0.15) is 5.10 Å². The van der Waals surface area contributed by atoms with Crippen LogP contribution in [0, 0.1) is 6.92 Å². The van der Waals surface area contributed by atoms with Gasteiger partial charge < -0.3 is 11.1 Å². The Hall–Kier alpha value is -1.07. The largest absolute Gasteiger partial charge is 0.350 e. The fraction of sp³-hybridized carbons (Fsp3) is 0.667. The predicted molar refractivity (Wildman–Crippen MR) is 74.5 cm³/mol. The van der Waals surface area contributed by atoms with Gasteiger partial charge in [0.15, 0.2) is 0 Å². The molecule has 3 N–H and O–H groups in total. The molecule has 0 saturated heterocycles. The van der Waals surface area contributed by atoms with Gasteiger partial charge in [0, 0.05) is 24.8 Å². The highest BCUT2D eigenvalue weighted by atomic mass is 35.5. The van der Waals surface area contributed by atoms with Crippen molar-refractivity contribution in [2.75, 3.05) is 0 Å². The summed E-state index contributed by atoms with van der Waals surface area (Å²) in [6.07, 6.45) is 3.35. The lowest BCUT2D eigenvalue weighted by molar-refractivity contribution is -0.126. The number of carbonyl (C=O) groups is 1. The molecule has 18 heavy (non-hydrogen) atoms. The highest BCUT2D eigenvalue weighted by molar-refractivity contribution is 5.85. The van der Waals surface area contributed by atoms with E-state index >= 15 is 0 Å². The maximum absolute atomic E-state index is 11.9. The Bertz CT molecular complexity index is 401. The summed E-state index contributed by atoms with van der Waals surface area (Å²) >= 11 is 0. The number of aromatic nitrogens is 2. The Kier molecular flexibility index (Phi) is 6.35. The summed E-state index contributed by atoms with van der Waals surface area (Å²) in [5.41, 5.74) is 7.24. The van der Waals surface area contributed by atoms with Gasteiger partial charge in [0.1, 0.15) is 0 Å². The van der Waals surface area contributed by atoms with E-state index in [4.69, 9.17) is 5.73 Å². The molecule has 1 atom stereocenters. The van der Waals surface area contributed by atoms with E-state index < -0.39 is 5.54 Å². The standard InChI is InChI=1S/C12H22N4O.ClH/c1-5-6-12(3,13)11(17)14-7-10-8-15-16(4)9(10)2;/h8H,5-7,13H2,1-4H3,(H,14,17);1H. The van der Waals surface area contributed by atoms with Crippen molar-refractivity contribution >= 4 is 18.3 Å². The van der Waals surface area contributed by atoms with Gasteiger partial charge in [-0.05, 0) is 20.3 Å². The van der Waals surface area contributed by atoms with Crippen LogP contribution in [0.25, 0.3) is 0 Å². The number of nitrogens with zero attached hydrogens (tertiary/aromatic N) is 2. The number of hydrogen-bond acceptors (Lipinski definition) is 3. The molecule has 0 bridgehead atoms. The first-order valence-corrected chi connectivity index (χ1v) is 5.93. The Morgan fingerprint density at radius 2 is 2.22 bits per heavy atom. The number of halogens is 1. The quantitative estimate of drug-likeness (QED) is 0.850. The van der Waals surface area contributed by atoms with Gasteiger partial charge >= 0.3 is 0 Å². The third-order valence-electron chi connectivity index (χ3n) is 3.06. The van der Waals surface area contributed by atoms with Gasteiger partial charge in [-0.3, -0.25) is 9.48 Å². The molecule has 1 rings (SSSR count). The first-order valence-electron chi connectivity index (χ1n) is 5.93. The van der Waals surface area contributed by atoms with E-state index in [1.165, 1.54) is 0 Å². The Labute approximate surface area is 115 Å². The summed E-state index contributed by atoms with van der Waals surface area (Å²) in [4.78, 5) is 11.9. The second-order valence-electron chi connectivity index (χ2n) is 4.73. The minimum Gasteiger partial charge on any atom is -0.350 e. The second kappa shape index (κ2) is 6.75.